The number of Topliss-reactive ketones (excluding diaryl/α,β-unsaturated/α-hetero) is 1. The fourth-order valence-electron chi connectivity index (χ4n) is 1.71. The summed E-state index contributed by atoms with van der Waals surface area (Å²) in [5.41, 5.74) is -0.727. The molecule has 2 N–H and O–H groups in total. The number of rotatable bonds is 7. The highest BCUT2D eigenvalue weighted by Gasteiger charge is 2.42. The Morgan fingerprint density at radius 1 is 1.22 bits per heavy atom. The first kappa shape index (κ1) is 17.1. The van der Waals surface area contributed by atoms with Crippen LogP contribution in [0.4, 0.5) is 0 Å². The van der Waals surface area contributed by atoms with Crippen molar-refractivity contribution in [3.8, 4) is 0 Å². The number of likely N-dealkylation sites (N-methyl/N-ethyl adjacent to an activating group) is 1. The van der Waals surface area contributed by atoms with Crippen LogP contribution in [0.25, 0.3) is 0 Å². The van der Waals surface area contributed by atoms with Crippen molar-refractivity contribution in [2.75, 3.05) is 27.7 Å². The highest BCUT2D eigenvalue weighted by molar-refractivity contribution is 6.01. The van der Waals surface area contributed by atoms with Crippen molar-refractivity contribution >= 4 is 11.8 Å². The van der Waals surface area contributed by atoms with E-state index in [1.54, 1.807) is 13.8 Å². The number of aliphatic hydroxyl groups is 1. The molecule has 5 nitrogen and oxygen atoms in total. The van der Waals surface area contributed by atoms with E-state index in [1.165, 1.54) is 0 Å². The van der Waals surface area contributed by atoms with Gasteiger partial charge >= 0.3 is 5.97 Å². The Morgan fingerprint density at radius 2 is 1.67 bits per heavy atom. The van der Waals surface area contributed by atoms with E-state index in [0.717, 1.165) is 0 Å². The lowest BCUT2D eigenvalue weighted by molar-refractivity contribution is -0.873. The molecule has 0 aromatic carbocycles. The smallest absolute Gasteiger partial charge is 0.316 e. The number of carboxylic acids is 1. The summed E-state index contributed by atoms with van der Waals surface area (Å²) >= 11 is 0. The fourth-order valence-corrected chi connectivity index (χ4v) is 1.71. The summed E-state index contributed by atoms with van der Waals surface area (Å²) in [5.74, 6) is -3.00. The normalized spacial score (nSPS) is 16.2. The summed E-state index contributed by atoms with van der Waals surface area (Å²) in [6.45, 7) is 5.49. The van der Waals surface area contributed by atoms with Crippen LogP contribution in [0.3, 0.4) is 0 Å². The Kier molecular flexibility index (Phi) is 5.50. The summed E-state index contributed by atoms with van der Waals surface area (Å²) < 4.78 is 0.408. The van der Waals surface area contributed by atoms with Crippen LogP contribution < -0.4 is 0 Å². The molecule has 0 aliphatic carbocycles. The molecule has 2 atom stereocenters. The maximum atomic E-state index is 12.2. The van der Waals surface area contributed by atoms with Crippen molar-refractivity contribution in [1.82, 2.24) is 0 Å². The van der Waals surface area contributed by atoms with Gasteiger partial charge in [0, 0.05) is 5.41 Å². The van der Waals surface area contributed by atoms with Crippen LogP contribution in [0.5, 0.6) is 0 Å². The van der Waals surface area contributed by atoms with Gasteiger partial charge in [-0.25, -0.2) is 0 Å². The maximum absolute atomic E-state index is 12.2. The van der Waals surface area contributed by atoms with Crippen molar-refractivity contribution < 1.29 is 24.3 Å². The predicted octanol–water partition coefficient (Wildman–Crippen LogP) is 0.760. The van der Waals surface area contributed by atoms with Crippen molar-refractivity contribution in [3.63, 3.8) is 0 Å². The van der Waals surface area contributed by atoms with Crippen molar-refractivity contribution in [2.24, 2.45) is 11.3 Å². The van der Waals surface area contributed by atoms with Gasteiger partial charge in [-0.15, -0.1) is 0 Å². The second kappa shape index (κ2) is 5.80. The van der Waals surface area contributed by atoms with E-state index in [2.05, 4.69) is 0 Å². The number of nitrogens with zero attached hydrogens (tertiary/aromatic N) is 1. The molecule has 18 heavy (non-hydrogen) atoms. The molecule has 0 rings (SSSR count). The Morgan fingerprint density at radius 3 is 1.94 bits per heavy atom. The molecule has 0 saturated heterocycles. The molecule has 0 spiro atoms. The summed E-state index contributed by atoms with van der Waals surface area (Å²) in [7, 11) is 5.53. The van der Waals surface area contributed by atoms with Gasteiger partial charge in [-0.3, -0.25) is 9.59 Å². The molecular weight excluding hydrogens is 234 g/mol. The SMILES string of the molecule is CCC(C)(C)C(=O)C(C(=O)O)C(O)C[N+](C)(C)C. The average molecular weight is 260 g/mol. The molecule has 2 unspecified atom stereocenters. The molecule has 0 saturated carbocycles. The molecule has 0 aliphatic heterocycles. The van der Waals surface area contributed by atoms with E-state index in [-0.39, 0.29) is 6.54 Å². The third kappa shape index (κ3) is 4.74. The van der Waals surface area contributed by atoms with Gasteiger partial charge in [-0.1, -0.05) is 20.8 Å². The zero-order chi connectivity index (χ0) is 14.7. The molecule has 0 fully saturated rings. The lowest BCUT2D eigenvalue weighted by atomic mass is 9.77. The van der Waals surface area contributed by atoms with Crippen molar-refractivity contribution in [1.29, 1.82) is 0 Å². The molecule has 5 heteroatoms. The van der Waals surface area contributed by atoms with Gasteiger partial charge in [-0.2, -0.15) is 0 Å². The molecule has 0 aromatic rings. The first-order valence-corrected chi connectivity index (χ1v) is 6.18. The third-order valence-corrected chi connectivity index (χ3v) is 3.22. The van der Waals surface area contributed by atoms with Crippen LogP contribution in [0.15, 0.2) is 0 Å². The van der Waals surface area contributed by atoms with Crippen molar-refractivity contribution in [2.45, 2.75) is 33.3 Å². The number of hydrogen-bond acceptors (Lipinski definition) is 3. The molecule has 0 bridgehead atoms. The van der Waals surface area contributed by atoms with E-state index in [4.69, 9.17) is 0 Å². The lowest BCUT2D eigenvalue weighted by Crippen LogP contribution is -2.50. The van der Waals surface area contributed by atoms with Crippen LogP contribution in [0.1, 0.15) is 27.2 Å². The van der Waals surface area contributed by atoms with Crippen LogP contribution in [0, 0.1) is 11.3 Å². The predicted molar refractivity (Wildman–Crippen MR) is 69.1 cm³/mol. The van der Waals surface area contributed by atoms with Crippen LogP contribution in [-0.4, -0.2) is 60.2 Å². The lowest BCUT2D eigenvalue weighted by Gasteiger charge is -2.31. The van der Waals surface area contributed by atoms with Gasteiger partial charge in [0.25, 0.3) is 0 Å². The van der Waals surface area contributed by atoms with Crippen molar-refractivity contribution in [3.05, 3.63) is 0 Å². The monoisotopic (exact) mass is 260 g/mol. The number of aliphatic hydroxyl groups excluding tert-OH is 1. The zero-order valence-electron chi connectivity index (χ0n) is 12.2. The third-order valence-electron chi connectivity index (χ3n) is 3.22. The second-order valence-corrected chi connectivity index (χ2v) is 6.46. The van der Waals surface area contributed by atoms with E-state index < -0.39 is 29.2 Å². The minimum absolute atomic E-state index is 0.225. The average Bonchev–Trinajstić information content (AvgIpc) is 2.14. The maximum Gasteiger partial charge on any atom is 0.316 e. The topological polar surface area (TPSA) is 74.6 Å². The fraction of sp³-hybridized carbons (Fsp3) is 0.846. The summed E-state index contributed by atoms with van der Waals surface area (Å²) in [4.78, 5) is 23.5. The van der Waals surface area contributed by atoms with E-state index in [0.29, 0.717) is 10.9 Å². The van der Waals surface area contributed by atoms with Gasteiger partial charge in [0.05, 0.1) is 21.1 Å². The number of aliphatic carboxylic acids is 1. The van der Waals surface area contributed by atoms with Gasteiger partial charge < -0.3 is 14.7 Å². The molecule has 0 radical (unpaired) electrons. The molecular formula is C13H26NO4+. The van der Waals surface area contributed by atoms with Gasteiger partial charge in [0.15, 0.2) is 5.78 Å². The Balaban J connectivity index is 5.10. The van der Waals surface area contributed by atoms with Crippen LogP contribution >= 0.6 is 0 Å². The zero-order valence-corrected chi connectivity index (χ0v) is 12.2. The number of hydrogen-bond donors (Lipinski definition) is 2. The molecule has 106 valence electrons. The van der Waals surface area contributed by atoms with Gasteiger partial charge in [-0.05, 0) is 6.42 Å². The van der Waals surface area contributed by atoms with E-state index in [9.17, 15) is 19.8 Å². The molecule has 0 heterocycles. The van der Waals surface area contributed by atoms with E-state index in [1.807, 2.05) is 28.1 Å². The van der Waals surface area contributed by atoms with E-state index >= 15 is 0 Å². The van der Waals surface area contributed by atoms with Crippen LogP contribution in [0.2, 0.25) is 0 Å². The second-order valence-electron chi connectivity index (χ2n) is 6.46. The van der Waals surface area contributed by atoms with Gasteiger partial charge in [0.1, 0.15) is 18.6 Å². The first-order valence-electron chi connectivity index (χ1n) is 6.18. The first-order chi connectivity index (χ1) is 7.92. The summed E-state index contributed by atoms with van der Waals surface area (Å²) in [6, 6.07) is 0. The minimum atomic E-state index is -1.35. The summed E-state index contributed by atoms with van der Waals surface area (Å²) in [5, 5.41) is 19.2. The molecule has 0 amide bonds. The molecule has 0 aliphatic rings. The standard InChI is InChI=1S/C13H25NO4/c1-7-13(2,3)11(16)10(12(17)18)9(15)8-14(4,5)6/h9-10,15H,7-8H2,1-6H3/p+1. The number of carboxylic acid groups (broad SMARTS) is 1. The highest BCUT2D eigenvalue weighted by atomic mass is 16.4. The highest BCUT2D eigenvalue weighted by Crippen LogP contribution is 2.27. The summed E-state index contributed by atoms with van der Waals surface area (Å²) in [6.07, 6.45) is -0.618. The number of carbonyl (C=O) groups excluding carboxylic acids is 1. The molecule has 0 aromatic heterocycles. The number of quaternary nitrogens is 1. The Hall–Kier alpha value is -0.940. The number of carbonyl (C=O) groups is 2. The number of ketones is 1. The minimum Gasteiger partial charge on any atom is -0.481 e. The van der Waals surface area contributed by atoms with Crippen LogP contribution in [-0.2, 0) is 9.59 Å². The largest absolute Gasteiger partial charge is 0.481 e. The Bertz CT molecular complexity index is 317. The van der Waals surface area contributed by atoms with Gasteiger partial charge in [0.2, 0.25) is 0 Å². The quantitative estimate of drug-likeness (QED) is 0.523. The Labute approximate surface area is 109 Å².